The highest BCUT2D eigenvalue weighted by atomic mass is 16.4. The first-order valence-electron chi connectivity index (χ1n) is 8.32. The Morgan fingerprint density at radius 2 is 1.86 bits per heavy atom. The van der Waals surface area contributed by atoms with E-state index >= 15 is 0 Å². The molecule has 6 heteroatoms. The first-order chi connectivity index (χ1) is 10.3. The Morgan fingerprint density at radius 1 is 1.27 bits per heavy atom. The Bertz CT molecular complexity index is 366. The minimum atomic E-state index is -0.772. The van der Waals surface area contributed by atoms with Crippen molar-refractivity contribution < 1.29 is 14.7 Å². The number of hydrogen-bond donors (Lipinski definition) is 2. The highest BCUT2D eigenvalue weighted by Gasteiger charge is 2.29. The molecule has 0 aromatic rings. The number of carbonyl (C=O) groups is 2. The Labute approximate surface area is 133 Å². The van der Waals surface area contributed by atoms with Crippen LogP contribution in [0.15, 0.2) is 0 Å². The molecule has 1 atom stereocenters. The standard InChI is InChI=1S/C16H31N3O3/c1-5-18(11-15(20)21)14-6-8-19(9-7-14)13(4)16(22)17-10-12(2)3/h12-14H,5-11H2,1-4H3,(H,17,22)(H,20,21). The van der Waals surface area contributed by atoms with E-state index in [4.69, 9.17) is 5.11 Å². The molecule has 1 fully saturated rings. The molecule has 0 aliphatic carbocycles. The molecule has 0 spiro atoms. The number of piperidine rings is 1. The number of likely N-dealkylation sites (tertiary alicyclic amines) is 1. The van der Waals surface area contributed by atoms with Crippen molar-refractivity contribution in [1.29, 1.82) is 0 Å². The topological polar surface area (TPSA) is 72.9 Å². The van der Waals surface area contributed by atoms with Gasteiger partial charge in [0.1, 0.15) is 0 Å². The van der Waals surface area contributed by atoms with Gasteiger partial charge in [-0.3, -0.25) is 19.4 Å². The van der Waals surface area contributed by atoms with Gasteiger partial charge < -0.3 is 10.4 Å². The molecule has 0 bridgehead atoms. The average Bonchev–Trinajstić information content (AvgIpc) is 2.49. The summed E-state index contributed by atoms with van der Waals surface area (Å²) in [5.41, 5.74) is 0. The number of carboxylic acids is 1. The predicted molar refractivity (Wildman–Crippen MR) is 86.8 cm³/mol. The molecule has 1 amide bonds. The zero-order valence-corrected chi connectivity index (χ0v) is 14.3. The van der Waals surface area contributed by atoms with E-state index in [0.717, 1.165) is 32.5 Å². The summed E-state index contributed by atoms with van der Waals surface area (Å²) in [4.78, 5) is 27.2. The SMILES string of the molecule is CCN(CC(=O)O)C1CCN(C(C)C(=O)NCC(C)C)CC1. The van der Waals surface area contributed by atoms with Gasteiger partial charge in [0.2, 0.25) is 5.91 Å². The normalized spacial score (nSPS) is 18.6. The molecule has 0 saturated carbocycles. The molecule has 1 aliphatic rings. The summed E-state index contributed by atoms with van der Waals surface area (Å²) in [6.07, 6.45) is 1.84. The highest BCUT2D eigenvalue weighted by molar-refractivity contribution is 5.81. The lowest BCUT2D eigenvalue weighted by Gasteiger charge is -2.39. The summed E-state index contributed by atoms with van der Waals surface area (Å²) in [5, 5.41) is 11.9. The fraction of sp³-hybridized carbons (Fsp3) is 0.875. The number of carbonyl (C=O) groups excluding carboxylic acids is 1. The van der Waals surface area contributed by atoms with E-state index in [9.17, 15) is 9.59 Å². The second kappa shape index (κ2) is 9.10. The summed E-state index contributed by atoms with van der Waals surface area (Å²) in [6.45, 7) is 11.4. The second-order valence-corrected chi connectivity index (χ2v) is 6.54. The van der Waals surface area contributed by atoms with Crippen LogP contribution in [0.2, 0.25) is 0 Å². The Morgan fingerprint density at radius 3 is 2.32 bits per heavy atom. The highest BCUT2D eigenvalue weighted by Crippen LogP contribution is 2.18. The zero-order valence-electron chi connectivity index (χ0n) is 14.3. The van der Waals surface area contributed by atoms with Crippen molar-refractivity contribution in [2.24, 2.45) is 5.92 Å². The fourth-order valence-electron chi connectivity index (χ4n) is 2.93. The summed E-state index contributed by atoms with van der Waals surface area (Å²) in [7, 11) is 0. The maximum absolute atomic E-state index is 12.1. The third-order valence-electron chi connectivity index (χ3n) is 4.37. The van der Waals surface area contributed by atoms with E-state index in [1.807, 2.05) is 18.7 Å². The minimum absolute atomic E-state index is 0.0880. The summed E-state index contributed by atoms with van der Waals surface area (Å²) < 4.78 is 0. The molecule has 1 saturated heterocycles. The lowest BCUT2D eigenvalue weighted by atomic mass is 10.0. The van der Waals surface area contributed by atoms with E-state index in [1.54, 1.807) is 0 Å². The van der Waals surface area contributed by atoms with Crippen molar-refractivity contribution in [2.75, 3.05) is 32.7 Å². The van der Waals surface area contributed by atoms with Gasteiger partial charge >= 0.3 is 5.97 Å². The van der Waals surface area contributed by atoms with Crippen LogP contribution < -0.4 is 5.32 Å². The smallest absolute Gasteiger partial charge is 0.317 e. The van der Waals surface area contributed by atoms with Crippen LogP contribution in [0.3, 0.4) is 0 Å². The van der Waals surface area contributed by atoms with Crippen LogP contribution in [-0.2, 0) is 9.59 Å². The van der Waals surface area contributed by atoms with Gasteiger partial charge in [-0.25, -0.2) is 0 Å². The van der Waals surface area contributed by atoms with Crippen molar-refractivity contribution >= 4 is 11.9 Å². The largest absolute Gasteiger partial charge is 0.480 e. The van der Waals surface area contributed by atoms with E-state index in [1.165, 1.54) is 0 Å². The van der Waals surface area contributed by atoms with Crippen LogP contribution in [0.5, 0.6) is 0 Å². The van der Waals surface area contributed by atoms with Crippen LogP contribution in [-0.4, -0.2) is 71.6 Å². The molecule has 6 nitrogen and oxygen atoms in total. The third-order valence-corrected chi connectivity index (χ3v) is 4.37. The molecule has 2 N–H and O–H groups in total. The molecular weight excluding hydrogens is 282 g/mol. The van der Waals surface area contributed by atoms with Crippen LogP contribution in [0, 0.1) is 5.92 Å². The summed E-state index contributed by atoms with van der Waals surface area (Å²) >= 11 is 0. The number of rotatable bonds is 8. The molecule has 1 heterocycles. The molecule has 0 aromatic carbocycles. The number of nitrogens with one attached hydrogen (secondary N) is 1. The first kappa shape index (κ1) is 18.9. The van der Waals surface area contributed by atoms with Gasteiger partial charge in [-0.2, -0.15) is 0 Å². The molecule has 1 unspecified atom stereocenters. The molecule has 0 aromatic heterocycles. The lowest BCUT2D eigenvalue weighted by molar-refractivity contribution is -0.139. The van der Waals surface area contributed by atoms with Crippen LogP contribution >= 0.6 is 0 Å². The van der Waals surface area contributed by atoms with E-state index in [2.05, 4.69) is 24.1 Å². The van der Waals surface area contributed by atoms with E-state index in [-0.39, 0.29) is 18.5 Å². The van der Waals surface area contributed by atoms with Gasteiger partial charge in [-0.15, -0.1) is 0 Å². The molecule has 0 radical (unpaired) electrons. The summed E-state index contributed by atoms with van der Waals surface area (Å²) in [5.74, 6) is -0.230. The summed E-state index contributed by atoms with van der Waals surface area (Å²) in [6, 6.07) is 0.192. The molecule has 1 aliphatic heterocycles. The fourth-order valence-corrected chi connectivity index (χ4v) is 2.93. The van der Waals surface area contributed by atoms with Crippen molar-refractivity contribution in [2.45, 2.75) is 52.6 Å². The maximum atomic E-state index is 12.1. The number of likely N-dealkylation sites (N-methyl/N-ethyl adjacent to an activating group) is 1. The molecule has 22 heavy (non-hydrogen) atoms. The van der Waals surface area contributed by atoms with Gasteiger partial charge in [0.05, 0.1) is 12.6 Å². The van der Waals surface area contributed by atoms with Crippen molar-refractivity contribution in [3.63, 3.8) is 0 Å². The Kier molecular flexibility index (Phi) is 7.82. The number of amides is 1. The van der Waals surface area contributed by atoms with Crippen molar-refractivity contribution in [3.8, 4) is 0 Å². The quantitative estimate of drug-likeness (QED) is 0.700. The Hall–Kier alpha value is -1.14. The van der Waals surface area contributed by atoms with E-state index < -0.39 is 5.97 Å². The van der Waals surface area contributed by atoms with Gasteiger partial charge in [0.25, 0.3) is 0 Å². The first-order valence-corrected chi connectivity index (χ1v) is 8.32. The number of carboxylic acid groups (broad SMARTS) is 1. The molecular formula is C16H31N3O3. The number of hydrogen-bond acceptors (Lipinski definition) is 4. The predicted octanol–water partition coefficient (Wildman–Crippen LogP) is 1.02. The van der Waals surface area contributed by atoms with E-state index in [0.29, 0.717) is 18.5 Å². The minimum Gasteiger partial charge on any atom is -0.480 e. The van der Waals surface area contributed by atoms with Crippen LogP contribution in [0.1, 0.15) is 40.5 Å². The van der Waals surface area contributed by atoms with Gasteiger partial charge in [0, 0.05) is 25.7 Å². The van der Waals surface area contributed by atoms with Crippen LogP contribution in [0.25, 0.3) is 0 Å². The number of aliphatic carboxylic acids is 1. The zero-order chi connectivity index (χ0) is 16.7. The van der Waals surface area contributed by atoms with Crippen molar-refractivity contribution in [3.05, 3.63) is 0 Å². The number of nitrogens with zero attached hydrogens (tertiary/aromatic N) is 2. The van der Waals surface area contributed by atoms with Crippen molar-refractivity contribution in [1.82, 2.24) is 15.1 Å². The molecule has 128 valence electrons. The van der Waals surface area contributed by atoms with Gasteiger partial charge in [0.15, 0.2) is 0 Å². The van der Waals surface area contributed by atoms with Gasteiger partial charge in [-0.05, 0) is 32.2 Å². The second-order valence-electron chi connectivity index (χ2n) is 6.54. The maximum Gasteiger partial charge on any atom is 0.317 e. The monoisotopic (exact) mass is 313 g/mol. The molecule has 1 rings (SSSR count). The third kappa shape index (κ3) is 5.93. The Balaban J connectivity index is 2.43. The lowest BCUT2D eigenvalue weighted by Crippen LogP contribution is -2.52. The van der Waals surface area contributed by atoms with Crippen LogP contribution in [0.4, 0.5) is 0 Å². The van der Waals surface area contributed by atoms with Gasteiger partial charge in [-0.1, -0.05) is 20.8 Å². The average molecular weight is 313 g/mol.